The predicted molar refractivity (Wildman–Crippen MR) is 135 cm³/mol. The van der Waals surface area contributed by atoms with Gasteiger partial charge in [0.05, 0.1) is 32.2 Å². The van der Waals surface area contributed by atoms with Crippen molar-refractivity contribution < 1.29 is 178 Å². The molecular weight excluding hydrogens is 934 g/mol. The standard InChI is InChI=1S/C24H23F21O12S.Na/c25-16(26,19(31,32)22(37,38)39)8-52-1-4-55-12(46)7-11(14(47)56-5-2-53-9-17(27,28)20(33,34)23(40,41)42)13(58(49,50)51)15(48)57-6-3-54-10-18(29,30)21(35,36)24(43,44)45;/h11,13H,1-10H2,(H,49,50,51);/q;+1/p-1. The normalized spacial score (nSPS) is 15.2. The van der Waals surface area contributed by atoms with Crippen LogP contribution in [-0.4, -0.2) is 150 Å². The van der Waals surface area contributed by atoms with Gasteiger partial charge in [-0.1, -0.05) is 0 Å². The van der Waals surface area contributed by atoms with Crippen molar-refractivity contribution in [2.24, 2.45) is 5.92 Å². The van der Waals surface area contributed by atoms with E-state index in [-0.39, 0.29) is 29.6 Å². The molecule has 59 heavy (non-hydrogen) atoms. The van der Waals surface area contributed by atoms with Gasteiger partial charge in [0.15, 0.2) is 5.25 Å². The predicted octanol–water partition coefficient (Wildman–Crippen LogP) is 2.09. The zero-order chi connectivity index (χ0) is 46.2. The summed E-state index contributed by atoms with van der Waals surface area (Å²) in [6.07, 6.45) is -22.4. The Morgan fingerprint density at radius 2 is 0.729 bits per heavy atom. The molecule has 0 heterocycles. The Morgan fingerprint density at radius 1 is 0.458 bits per heavy atom. The fourth-order valence-electron chi connectivity index (χ4n) is 3.34. The molecule has 2 atom stereocenters. The summed E-state index contributed by atoms with van der Waals surface area (Å²) in [5.41, 5.74) is 0. The van der Waals surface area contributed by atoms with Crippen LogP contribution in [0.3, 0.4) is 0 Å². The van der Waals surface area contributed by atoms with Crippen LogP contribution in [0.1, 0.15) is 6.42 Å². The number of carbonyl (C=O) groups is 3. The van der Waals surface area contributed by atoms with Crippen LogP contribution in [0.4, 0.5) is 92.2 Å². The maximum Gasteiger partial charge on any atom is 1.00 e. The summed E-state index contributed by atoms with van der Waals surface area (Å²) < 4.78 is 327. The van der Waals surface area contributed by atoms with Crippen LogP contribution in [0.25, 0.3) is 0 Å². The average molecular weight is 956 g/mol. The smallest absolute Gasteiger partial charge is 0.747 e. The van der Waals surface area contributed by atoms with Crippen molar-refractivity contribution in [1.29, 1.82) is 0 Å². The number of alkyl halides is 21. The molecule has 0 saturated heterocycles. The Morgan fingerprint density at radius 3 is 1.00 bits per heavy atom. The van der Waals surface area contributed by atoms with Gasteiger partial charge in [0.25, 0.3) is 0 Å². The van der Waals surface area contributed by atoms with Crippen LogP contribution in [0.15, 0.2) is 0 Å². The fourth-order valence-corrected chi connectivity index (χ4v) is 4.25. The second kappa shape index (κ2) is 21.2. The topological polar surface area (TPSA) is 164 Å². The van der Waals surface area contributed by atoms with E-state index in [1.165, 1.54) is 0 Å². The first kappa shape index (κ1) is 58.8. The van der Waals surface area contributed by atoms with Crippen molar-refractivity contribution in [2.75, 3.05) is 59.5 Å². The maximum absolute atomic E-state index is 13.3. The van der Waals surface area contributed by atoms with Gasteiger partial charge >= 0.3 is 102 Å². The molecule has 0 aliphatic carbocycles. The van der Waals surface area contributed by atoms with Gasteiger partial charge in [-0.2, -0.15) is 92.2 Å². The summed E-state index contributed by atoms with van der Waals surface area (Å²) in [5, 5.41) is -3.63. The molecule has 344 valence electrons. The van der Waals surface area contributed by atoms with Gasteiger partial charge in [-0.3, -0.25) is 14.4 Å². The molecule has 0 aromatic heterocycles. The maximum atomic E-state index is 13.3. The van der Waals surface area contributed by atoms with Crippen molar-refractivity contribution in [3.63, 3.8) is 0 Å². The molecular formula is C24H22F21NaO12S. The van der Waals surface area contributed by atoms with Gasteiger partial charge in [0.1, 0.15) is 49.8 Å². The molecule has 0 aromatic carbocycles. The average Bonchev–Trinajstić information content (AvgIpc) is 3.01. The molecule has 0 rings (SSSR count). The summed E-state index contributed by atoms with van der Waals surface area (Å²) in [7, 11) is -6.42. The van der Waals surface area contributed by atoms with Crippen molar-refractivity contribution in [3.05, 3.63) is 0 Å². The van der Waals surface area contributed by atoms with Crippen molar-refractivity contribution in [1.82, 2.24) is 0 Å². The van der Waals surface area contributed by atoms with Crippen LogP contribution < -0.4 is 29.6 Å². The molecule has 12 nitrogen and oxygen atoms in total. The monoisotopic (exact) mass is 956 g/mol. The molecule has 2 unspecified atom stereocenters. The summed E-state index contributed by atoms with van der Waals surface area (Å²) in [4.78, 5) is 37.2. The summed E-state index contributed by atoms with van der Waals surface area (Å²) >= 11 is 0. The molecule has 0 aromatic rings. The van der Waals surface area contributed by atoms with E-state index in [2.05, 4.69) is 28.4 Å². The van der Waals surface area contributed by atoms with Gasteiger partial charge < -0.3 is 33.0 Å². The quantitative estimate of drug-likeness (QED) is 0.0347. The van der Waals surface area contributed by atoms with Crippen LogP contribution in [0.2, 0.25) is 0 Å². The summed E-state index contributed by atoms with van der Waals surface area (Å²) in [5.74, 6) is -48.1. The molecule has 0 bridgehead atoms. The number of ether oxygens (including phenoxy) is 6. The number of rotatable bonds is 24. The van der Waals surface area contributed by atoms with E-state index in [9.17, 15) is 120 Å². The van der Waals surface area contributed by atoms with Gasteiger partial charge in [-0.25, -0.2) is 8.42 Å². The van der Waals surface area contributed by atoms with E-state index >= 15 is 0 Å². The molecule has 0 fully saturated rings. The Hall–Kier alpha value is -2.27. The molecule has 0 aliphatic heterocycles. The van der Waals surface area contributed by atoms with E-state index in [0.717, 1.165) is 0 Å². The van der Waals surface area contributed by atoms with Crippen molar-refractivity contribution in [3.8, 4) is 0 Å². The van der Waals surface area contributed by atoms with Gasteiger partial charge in [0, 0.05) is 0 Å². The largest absolute Gasteiger partial charge is 1.00 e. The number of esters is 3. The molecule has 0 spiro atoms. The Balaban J connectivity index is 0. The first-order valence-electron chi connectivity index (χ1n) is 14.3. The molecule has 0 aliphatic rings. The Kier molecular flexibility index (Phi) is 21.1. The minimum Gasteiger partial charge on any atom is -0.747 e. The summed E-state index contributed by atoms with van der Waals surface area (Å²) in [6.45, 7) is -17.7. The minimum atomic E-state index is -6.83. The fraction of sp³-hybridized carbons (Fsp3) is 0.875. The van der Waals surface area contributed by atoms with Crippen LogP contribution in [-0.2, 0) is 52.9 Å². The van der Waals surface area contributed by atoms with Crippen molar-refractivity contribution in [2.45, 2.75) is 65.7 Å². The second-order valence-corrected chi connectivity index (χ2v) is 12.3. The van der Waals surface area contributed by atoms with E-state index in [4.69, 9.17) is 0 Å². The van der Waals surface area contributed by atoms with Crippen LogP contribution in [0, 0.1) is 5.92 Å². The van der Waals surface area contributed by atoms with Crippen LogP contribution >= 0.6 is 0 Å². The second-order valence-electron chi connectivity index (χ2n) is 10.8. The number of carbonyl (C=O) groups excluding carboxylic acids is 3. The SMILES string of the molecule is O=C(CC(C(=O)OCCOCC(F)(F)C(F)(F)C(F)(F)F)C(C(=O)OCCOCC(F)(F)C(F)(F)C(F)(F)F)S(=O)(=O)[O-])OCCOCC(F)(F)C(F)(F)C(F)(F)F.[Na+]. The molecule has 0 radical (unpaired) electrons. The number of halogens is 21. The van der Waals surface area contributed by atoms with E-state index in [1.807, 2.05) is 0 Å². The van der Waals surface area contributed by atoms with E-state index < -0.39 is 159 Å². The van der Waals surface area contributed by atoms with Crippen molar-refractivity contribution >= 4 is 28.0 Å². The van der Waals surface area contributed by atoms with Gasteiger partial charge in [0.2, 0.25) is 0 Å². The third-order valence-electron chi connectivity index (χ3n) is 6.33. The summed E-state index contributed by atoms with van der Waals surface area (Å²) in [6, 6.07) is 0. The number of hydrogen-bond donors (Lipinski definition) is 0. The third kappa shape index (κ3) is 15.9. The zero-order valence-corrected chi connectivity index (χ0v) is 31.3. The molecule has 0 saturated carbocycles. The minimum absolute atomic E-state index is 0. The zero-order valence-electron chi connectivity index (χ0n) is 28.5. The molecule has 0 N–H and O–H groups in total. The number of hydrogen-bond acceptors (Lipinski definition) is 12. The van der Waals surface area contributed by atoms with E-state index in [0.29, 0.717) is 0 Å². The van der Waals surface area contributed by atoms with Gasteiger partial charge in [-0.05, 0) is 0 Å². The first-order chi connectivity index (χ1) is 25.6. The third-order valence-corrected chi connectivity index (χ3v) is 7.47. The first-order valence-corrected chi connectivity index (χ1v) is 15.7. The molecule has 35 heteroatoms. The van der Waals surface area contributed by atoms with E-state index in [1.54, 1.807) is 0 Å². The Bertz CT molecular complexity index is 1490. The Labute approximate surface area is 336 Å². The van der Waals surface area contributed by atoms with Crippen LogP contribution in [0.5, 0.6) is 0 Å². The van der Waals surface area contributed by atoms with Gasteiger partial charge in [-0.15, -0.1) is 0 Å². The molecule has 0 amide bonds.